The number of allylic oxidation sites excluding steroid dienone is 3. The molecule has 1 N–H and O–H groups in total. The Kier molecular flexibility index (Phi) is 8.29. The van der Waals surface area contributed by atoms with Crippen molar-refractivity contribution in [3.05, 3.63) is 71.8 Å². The van der Waals surface area contributed by atoms with Gasteiger partial charge in [-0.15, -0.1) is 0 Å². The Morgan fingerprint density at radius 2 is 1.89 bits per heavy atom. The standard InChI is InChI=1S/C25H32N2O/c1-6-21(7-2)9-10-22-11-13-24(14-12-22)23(8-3)17-19(4)18-27-16-15-26-25(27)20(5)28/h11-17,20-21,28H,4,6-8,18H2,1-3,5H3/b23-17+/t20-/m0/s1. The van der Waals surface area contributed by atoms with Crippen LogP contribution < -0.4 is 0 Å². The Balaban J connectivity index is 2.13. The molecule has 3 nitrogen and oxygen atoms in total. The molecule has 0 aliphatic carbocycles. The molecule has 1 heterocycles. The van der Waals surface area contributed by atoms with E-state index in [1.165, 1.54) is 11.1 Å². The number of hydrogen-bond acceptors (Lipinski definition) is 2. The first-order valence-corrected chi connectivity index (χ1v) is 10.2. The van der Waals surface area contributed by atoms with E-state index in [0.29, 0.717) is 18.3 Å². The molecule has 0 aliphatic rings. The second kappa shape index (κ2) is 10.7. The predicted octanol–water partition coefficient (Wildman–Crippen LogP) is 5.77. The number of aliphatic hydroxyl groups is 1. The molecule has 0 aliphatic heterocycles. The first-order valence-electron chi connectivity index (χ1n) is 10.2. The smallest absolute Gasteiger partial charge is 0.137 e. The molecule has 0 unspecified atom stereocenters. The maximum absolute atomic E-state index is 9.81. The summed E-state index contributed by atoms with van der Waals surface area (Å²) in [4.78, 5) is 4.22. The van der Waals surface area contributed by atoms with Crippen molar-refractivity contribution >= 4 is 5.57 Å². The minimum Gasteiger partial charge on any atom is -0.385 e. The Hall–Kier alpha value is -2.57. The van der Waals surface area contributed by atoms with Crippen LogP contribution in [0.25, 0.3) is 5.57 Å². The fourth-order valence-electron chi connectivity index (χ4n) is 3.17. The topological polar surface area (TPSA) is 38.0 Å². The van der Waals surface area contributed by atoms with Crippen LogP contribution >= 0.6 is 0 Å². The van der Waals surface area contributed by atoms with Gasteiger partial charge in [0.2, 0.25) is 0 Å². The molecule has 3 heteroatoms. The van der Waals surface area contributed by atoms with Gasteiger partial charge in [0.05, 0.1) is 0 Å². The lowest BCUT2D eigenvalue weighted by Gasteiger charge is -2.11. The number of aliphatic hydroxyl groups excluding tert-OH is 1. The zero-order valence-corrected chi connectivity index (χ0v) is 17.6. The molecule has 0 saturated heterocycles. The highest BCUT2D eigenvalue weighted by molar-refractivity contribution is 5.68. The summed E-state index contributed by atoms with van der Waals surface area (Å²) < 4.78 is 1.94. The van der Waals surface area contributed by atoms with Gasteiger partial charge in [-0.05, 0) is 55.0 Å². The van der Waals surface area contributed by atoms with Gasteiger partial charge in [0.25, 0.3) is 0 Å². The van der Waals surface area contributed by atoms with Gasteiger partial charge in [0.15, 0.2) is 0 Å². The van der Waals surface area contributed by atoms with E-state index in [4.69, 9.17) is 0 Å². The van der Waals surface area contributed by atoms with Crippen molar-refractivity contribution in [3.63, 3.8) is 0 Å². The van der Waals surface area contributed by atoms with Crippen LogP contribution in [0.3, 0.4) is 0 Å². The molecule has 0 saturated carbocycles. The van der Waals surface area contributed by atoms with E-state index < -0.39 is 6.10 Å². The van der Waals surface area contributed by atoms with Crippen LogP contribution in [0.4, 0.5) is 0 Å². The lowest BCUT2D eigenvalue weighted by Crippen LogP contribution is -2.07. The molecule has 1 aromatic carbocycles. The van der Waals surface area contributed by atoms with Gasteiger partial charge in [0.1, 0.15) is 11.9 Å². The summed E-state index contributed by atoms with van der Waals surface area (Å²) in [6.07, 6.45) is 8.24. The van der Waals surface area contributed by atoms with Gasteiger partial charge in [-0.2, -0.15) is 0 Å². The largest absolute Gasteiger partial charge is 0.385 e. The number of imidazole rings is 1. The molecule has 0 radical (unpaired) electrons. The molecular formula is C25H32N2O. The van der Waals surface area contributed by atoms with Crippen molar-refractivity contribution in [2.24, 2.45) is 5.92 Å². The molecule has 2 aromatic rings. The summed E-state index contributed by atoms with van der Waals surface area (Å²) in [6.45, 7) is 13.1. The summed E-state index contributed by atoms with van der Waals surface area (Å²) in [7, 11) is 0. The van der Waals surface area contributed by atoms with Gasteiger partial charge in [-0.3, -0.25) is 0 Å². The maximum atomic E-state index is 9.81. The highest BCUT2D eigenvalue weighted by Crippen LogP contribution is 2.21. The zero-order chi connectivity index (χ0) is 20.5. The number of nitrogens with zero attached hydrogens (tertiary/aromatic N) is 2. The number of benzene rings is 1. The predicted molar refractivity (Wildman–Crippen MR) is 118 cm³/mol. The van der Waals surface area contributed by atoms with E-state index in [0.717, 1.165) is 30.4 Å². The van der Waals surface area contributed by atoms with Gasteiger partial charge in [0, 0.05) is 30.4 Å². The average Bonchev–Trinajstić information content (AvgIpc) is 3.16. The van der Waals surface area contributed by atoms with Crippen molar-refractivity contribution in [1.29, 1.82) is 0 Å². The van der Waals surface area contributed by atoms with E-state index in [-0.39, 0.29) is 0 Å². The van der Waals surface area contributed by atoms with Crippen LogP contribution in [-0.4, -0.2) is 14.7 Å². The Bertz CT molecular complexity index is 856. The highest BCUT2D eigenvalue weighted by Gasteiger charge is 2.09. The van der Waals surface area contributed by atoms with E-state index in [1.54, 1.807) is 13.1 Å². The van der Waals surface area contributed by atoms with Crippen molar-refractivity contribution in [3.8, 4) is 11.8 Å². The van der Waals surface area contributed by atoms with Crippen LogP contribution in [0.5, 0.6) is 0 Å². The van der Waals surface area contributed by atoms with Crippen LogP contribution in [0.2, 0.25) is 0 Å². The summed E-state index contributed by atoms with van der Waals surface area (Å²) in [5.74, 6) is 7.79. The Morgan fingerprint density at radius 1 is 1.21 bits per heavy atom. The van der Waals surface area contributed by atoms with Crippen molar-refractivity contribution in [1.82, 2.24) is 9.55 Å². The van der Waals surface area contributed by atoms with E-state index in [9.17, 15) is 5.11 Å². The van der Waals surface area contributed by atoms with Gasteiger partial charge < -0.3 is 9.67 Å². The molecule has 0 bridgehead atoms. The third-order valence-electron chi connectivity index (χ3n) is 4.92. The van der Waals surface area contributed by atoms with Crippen molar-refractivity contribution in [2.45, 2.75) is 59.6 Å². The maximum Gasteiger partial charge on any atom is 0.137 e. The van der Waals surface area contributed by atoms with Crippen LogP contribution in [0, 0.1) is 17.8 Å². The van der Waals surface area contributed by atoms with Gasteiger partial charge >= 0.3 is 0 Å². The minimum absolute atomic E-state index is 0.476. The lowest BCUT2D eigenvalue weighted by molar-refractivity contribution is 0.184. The van der Waals surface area contributed by atoms with Gasteiger partial charge in [-0.25, -0.2) is 4.98 Å². The van der Waals surface area contributed by atoms with Crippen LogP contribution in [-0.2, 0) is 6.54 Å². The monoisotopic (exact) mass is 376 g/mol. The molecule has 1 aromatic heterocycles. The zero-order valence-electron chi connectivity index (χ0n) is 17.6. The van der Waals surface area contributed by atoms with E-state index in [1.807, 2.05) is 10.8 Å². The molecular weight excluding hydrogens is 344 g/mol. The third kappa shape index (κ3) is 5.97. The Morgan fingerprint density at radius 3 is 2.46 bits per heavy atom. The fraction of sp³-hybridized carbons (Fsp3) is 0.400. The molecule has 0 fully saturated rings. The number of rotatable bonds is 8. The molecule has 2 rings (SSSR count). The van der Waals surface area contributed by atoms with E-state index in [2.05, 4.69) is 74.5 Å². The Labute approximate surface area is 169 Å². The summed E-state index contributed by atoms with van der Waals surface area (Å²) >= 11 is 0. The molecule has 148 valence electrons. The second-order valence-electron chi connectivity index (χ2n) is 7.13. The number of hydrogen-bond donors (Lipinski definition) is 1. The summed E-state index contributed by atoms with van der Waals surface area (Å²) in [5.41, 5.74) is 4.47. The molecule has 0 amide bonds. The highest BCUT2D eigenvalue weighted by atomic mass is 16.3. The fourth-order valence-corrected chi connectivity index (χ4v) is 3.17. The van der Waals surface area contributed by atoms with Crippen molar-refractivity contribution < 1.29 is 5.11 Å². The number of aromatic nitrogens is 2. The van der Waals surface area contributed by atoms with Crippen LogP contribution in [0.15, 0.2) is 54.9 Å². The SMILES string of the molecule is C=C(/C=C(\CC)c1ccc(C#CC(CC)CC)cc1)Cn1ccnc1[C@H](C)O. The first-order chi connectivity index (χ1) is 13.5. The quantitative estimate of drug-likeness (QED) is 0.469. The lowest BCUT2D eigenvalue weighted by atomic mass is 9.99. The molecule has 1 atom stereocenters. The third-order valence-corrected chi connectivity index (χ3v) is 4.92. The van der Waals surface area contributed by atoms with Crippen LogP contribution in [0.1, 0.15) is 70.0 Å². The summed E-state index contributed by atoms with van der Waals surface area (Å²) in [5, 5.41) is 9.81. The minimum atomic E-state index is -0.592. The van der Waals surface area contributed by atoms with E-state index >= 15 is 0 Å². The normalized spacial score (nSPS) is 12.6. The average molecular weight is 377 g/mol. The van der Waals surface area contributed by atoms with Gasteiger partial charge in [-0.1, -0.05) is 57.4 Å². The first kappa shape index (κ1) is 21.7. The van der Waals surface area contributed by atoms with Crippen molar-refractivity contribution in [2.75, 3.05) is 0 Å². The second-order valence-corrected chi connectivity index (χ2v) is 7.13. The molecule has 28 heavy (non-hydrogen) atoms. The molecule has 0 spiro atoms. The summed E-state index contributed by atoms with van der Waals surface area (Å²) in [6, 6.07) is 8.46.